The van der Waals surface area contributed by atoms with Crippen molar-refractivity contribution < 1.29 is 46.8 Å². The standard InChI is InChI=1S/C48H80NO9P/c1-6-8-10-11-12-13-14-15-16-17-18-19-20-25-28-31-35-39-48(51)57-44(43-56-59(52,53)55-41-40-49(3,4)5)42-54-47(50)38-34-30-27-24-22-21-23-26-29-33-37-46-45(58-46)36-32-9-7-2/h8,10,12-13,15-16,18-19,21,23-24,27,29,33,44-46H,6-7,9,11,14,17,20,22,25-26,28,30-32,34-43H2,1-5H3/b10-8-,13-12-,16-15-,19-18-,23-21-,27-24-,33-29-/t44-,45?,46?/m1/s1. The number of nitrogens with zero attached hydrogens (tertiary/aromatic N) is 1. The lowest BCUT2D eigenvalue weighted by molar-refractivity contribution is -0.870. The number of unbranched alkanes of at least 4 members (excludes halogenated alkanes) is 7. The fourth-order valence-corrected chi connectivity index (χ4v) is 6.46. The smallest absolute Gasteiger partial charge is 0.306 e. The van der Waals surface area contributed by atoms with Gasteiger partial charge in [-0.2, -0.15) is 0 Å². The normalized spacial score (nSPS) is 17.8. The van der Waals surface area contributed by atoms with E-state index in [1.165, 1.54) is 25.7 Å². The molecule has 1 aliphatic rings. The molecular weight excluding hydrogens is 766 g/mol. The minimum Gasteiger partial charge on any atom is -0.756 e. The highest BCUT2D eigenvalue weighted by Gasteiger charge is 2.36. The molecule has 0 spiro atoms. The zero-order valence-corrected chi connectivity index (χ0v) is 38.2. The predicted molar refractivity (Wildman–Crippen MR) is 240 cm³/mol. The monoisotopic (exact) mass is 846 g/mol. The van der Waals surface area contributed by atoms with Crippen molar-refractivity contribution >= 4 is 19.8 Å². The molecule has 1 saturated heterocycles. The van der Waals surface area contributed by atoms with Crippen LogP contribution in [0.25, 0.3) is 0 Å². The van der Waals surface area contributed by atoms with Crippen LogP contribution in [0.15, 0.2) is 85.1 Å². The Morgan fingerprint density at radius 1 is 0.644 bits per heavy atom. The van der Waals surface area contributed by atoms with Gasteiger partial charge in [0.2, 0.25) is 0 Å². The Morgan fingerprint density at radius 2 is 1.20 bits per heavy atom. The molecule has 0 radical (unpaired) electrons. The van der Waals surface area contributed by atoms with Crippen molar-refractivity contribution in [3.05, 3.63) is 85.1 Å². The molecule has 0 aromatic heterocycles. The SMILES string of the molecule is CC/C=C\C/C=C\C/C=C\C/C=C\CCCCCCC(=O)O[C@H](COC(=O)CCC/C=C\C/C=C\C/C=C\CC1OC1CCCCC)COP(=O)([O-])OCC[N+](C)(C)C. The largest absolute Gasteiger partial charge is 0.756 e. The van der Waals surface area contributed by atoms with E-state index in [9.17, 15) is 19.0 Å². The molecule has 1 fully saturated rings. The lowest BCUT2D eigenvalue weighted by Crippen LogP contribution is -2.37. The third kappa shape index (κ3) is 36.7. The molecule has 0 bridgehead atoms. The first-order valence-corrected chi connectivity index (χ1v) is 23.9. The van der Waals surface area contributed by atoms with E-state index in [0.29, 0.717) is 36.1 Å². The van der Waals surface area contributed by atoms with Crippen LogP contribution in [-0.4, -0.2) is 82.2 Å². The fourth-order valence-electron chi connectivity index (χ4n) is 5.73. The van der Waals surface area contributed by atoms with Gasteiger partial charge in [0.1, 0.15) is 19.8 Å². The van der Waals surface area contributed by atoms with E-state index in [0.717, 1.165) is 77.0 Å². The first-order valence-electron chi connectivity index (χ1n) is 22.4. The van der Waals surface area contributed by atoms with Crippen molar-refractivity contribution in [1.82, 2.24) is 0 Å². The molecule has 59 heavy (non-hydrogen) atoms. The van der Waals surface area contributed by atoms with Crippen molar-refractivity contribution in [3.8, 4) is 0 Å². The van der Waals surface area contributed by atoms with Gasteiger partial charge < -0.3 is 32.6 Å². The summed E-state index contributed by atoms with van der Waals surface area (Å²) in [6.45, 7) is 3.96. The lowest BCUT2D eigenvalue weighted by atomic mass is 10.1. The van der Waals surface area contributed by atoms with Crippen LogP contribution in [0.3, 0.4) is 0 Å². The zero-order valence-electron chi connectivity index (χ0n) is 37.4. The second kappa shape index (κ2) is 35.9. The highest BCUT2D eigenvalue weighted by molar-refractivity contribution is 7.45. The lowest BCUT2D eigenvalue weighted by Gasteiger charge is -2.28. The maximum absolute atomic E-state index is 12.7. The number of likely N-dealkylation sites (N-methyl/N-ethyl adjacent to an activating group) is 1. The number of quaternary nitrogens is 1. The number of carbonyl (C=O) groups is 2. The second-order valence-electron chi connectivity index (χ2n) is 16.1. The van der Waals surface area contributed by atoms with Gasteiger partial charge >= 0.3 is 11.9 Å². The van der Waals surface area contributed by atoms with E-state index in [-0.39, 0.29) is 26.1 Å². The van der Waals surface area contributed by atoms with Gasteiger partial charge in [0.05, 0.1) is 40.0 Å². The van der Waals surface area contributed by atoms with Gasteiger partial charge in [-0.25, -0.2) is 0 Å². The predicted octanol–water partition coefficient (Wildman–Crippen LogP) is 11.2. The Bertz CT molecular complexity index is 1340. The summed E-state index contributed by atoms with van der Waals surface area (Å²) in [6, 6.07) is 0. The third-order valence-corrected chi connectivity index (χ3v) is 10.3. The van der Waals surface area contributed by atoms with Gasteiger partial charge in [-0.15, -0.1) is 0 Å². The molecular formula is C48H80NO9P. The van der Waals surface area contributed by atoms with Crippen molar-refractivity contribution in [2.75, 3.05) is 47.5 Å². The van der Waals surface area contributed by atoms with Gasteiger partial charge in [-0.05, 0) is 83.5 Å². The summed E-state index contributed by atoms with van der Waals surface area (Å²) in [5.41, 5.74) is 0. The number of rotatable bonds is 38. The molecule has 3 unspecified atom stereocenters. The molecule has 1 heterocycles. The Hall–Kier alpha value is -2.85. The number of ether oxygens (including phenoxy) is 3. The molecule has 0 aromatic rings. The van der Waals surface area contributed by atoms with E-state index >= 15 is 0 Å². The quantitative estimate of drug-likeness (QED) is 0.0149. The first-order chi connectivity index (χ1) is 28.5. The number of hydrogen-bond acceptors (Lipinski definition) is 9. The molecule has 11 heteroatoms. The molecule has 0 saturated carbocycles. The molecule has 1 rings (SSSR count). The summed E-state index contributed by atoms with van der Waals surface area (Å²) in [5.74, 6) is -0.942. The Kier molecular flexibility index (Phi) is 32.9. The molecule has 1 aliphatic heterocycles. The maximum atomic E-state index is 12.7. The number of esters is 2. The van der Waals surface area contributed by atoms with Gasteiger partial charge in [-0.1, -0.05) is 131 Å². The van der Waals surface area contributed by atoms with Gasteiger partial charge in [-0.3, -0.25) is 14.2 Å². The summed E-state index contributed by atoms with van der Waals surface area (Å²) in [6.07, 6.45) is 47.9. The zero-order chi connectivity index (χ0) is 43.3. The number of hydrogen-bond donors (Lipinski definition) is 0. The van der Waals surface area contributed by atoms with E-state index in [1.54, 1.807) is 0 Å². The molecule has 10 nitrogen and oxygen atoms in total. The van der Waals surface area contributed by atoms with Crippen LogP contribution < -0.4 is 4.89 Å². The number of epoxide rings is 1. The van der Waals surface area contributed by atoms with Crippen molar-refractivity contribution in [2.45, 2.75) is 161 Å². The van der Waals surface area contributed by atoms with Crippen LogP contribution >= 0.6 is 7.82 Å². The summed E-state index contributed by atoms with van der Waals surface area (Å²) in [7, 11) is 1.10. The van der Waals surface area contributed by atoms with Crippen molar-refractivity contribution in [1.29, 1.82) is 0 Å². The van der Waals surface area contributed by atoms with E-state index < -0.39 is 32.5 Å². The molecule has 4 atom stereocenters. The summed E-state index contributed by atoms with van der Waals surface area (Å²) < 4.78 is 39.6. The van der Waals surface area contributed by atoms with Gasteiger partial charge in [0, 0.05) is 12.8 Å². The van der Waals surface area contributed by atoms with Gasteiger partial charge in [0.25, 0.3) is 7.82 Å². The molecule has 0 N–H and O–H groups in total. The molecule has 0 amide bonds. The summed E-state index contributed by atoms with van der Waals surface area (Å²) >= 11 is 0. The van der Waals surface area contributed by atoms with E-state index in [2.05, 4.69) is 92.8 Å². The van der Waals surface area contributed by atoms with Crippen molar-refractivity contribution in [2.24, 2.45) is 0 Å². The average molecular weight is 846 g/mol. The summed E-state index contributed by atoms with van der Waals surface area (Å²) in [5, 5.41) is 0. The highest BCUT2D eigenvalue weighted by atomic mass is 31.2. The molecule has 336 valence electrons. The Labute approximate surface area is 358 Å². The van der Waals surface area contributed by atoms with E-state index in [1.807, 2.05) is 27.2 Å². The van der Waals surface area contributed by atoms with E-state index in [4.69, 9.17) is 23.3 Å². The number of phosphoric ester groups is 1. The number of allylic oxidation sites excluding steroid dienone is 13. The van der Waals surface area contributed by atoms with Crippen LogP contribution in [0.1, 0.15) is 142 Å². The van der Waals surface area contributed by atoms with Gasteiger partial charge in [0.15, 0.2) is 6.10 Å². The number of phosphoric acid groups is 1. The first kappa shape index (κ1) is 54.2. The average Bonchev–Trinajstić information content (AvgIpc) is 3.94. The Morgan fingerprint density at radius 3 is 1.81 bits per heavy atom. The Balaban J connectivity index is 2.34. The second-order valence-corrected chi connectivity index (χ2v) is 17.5. The van der Waals surface area contributed by atoms with Crippen LogP contribution in [0.4, 0.5) is 0 Å². The maximum Gasteiger partial charge on any atom is 0.306 e. The summed E-state index contributed by atoms with van der Waals surface area (Å²) in [4.78, 5) is 37.6. The minimum absolute atomic E-state index is 0.0513. The highest BCUT2D eigenvalue weighted by Crippen LogP contribution is 2.38. The number of carbonyl (C=O) groups excluding carboxylic acids is 2. The van der Waals surface area contributed by atoms with Crippen LogP contribution in [0, 0.1) is 0 Å². The molecule has 0 aromatic carbocycles. The van der Waals surface area contributed by atoms with Crippen LogP contribution in [-0.2, 0) is 37.4 Å². The molecule has 0 aliphatic carbocycles. The van der Waals surface area contributed by atoms with Crippen LogP contribution in [0.5, 0.6) is 0 Å². The fraction of sp³-hybridized carbons (Fsp3) is 0.667. The topological polar surface area (TPSA) is 124 Å². The third-order valence-electron chi connectivity index (χ3n) is 9.32. The minimum atomic E-state index is -4.65. The van der Waals surface area contributed by atoms with Crippen LogP contribution in [0.2, 0.25) is 0 Å². The van der Waals surface area contributed by atoms with Crippen molar-refractivity contribution in [3.63, 3.8) is 0 Å².